The van der Waals surface area contributed by atoms with E-state index >= 15 is 0 Å². The van der Waals surface area contributed by atoms with Gasteiger partial charge in [-0.05, 0) is 49.9 Å². The fourth-order valence-electron chi connectivity index (χ4n) is 1.63. The highest BCUT2D eigenvalue weighted by atomic mass is 35.5. The molecule has 1 saturated carbocycles. The summed E-state index contributed by atoms with van der Waals surface area (Å²) >= 11 is 6.12. The maximum absolute atomic E-state index is 6.12. The number of rotatable bonds is 4. The highest BCUT2D eigenvalue weighted by molar-refractivity contribution is 6.32. The summed E-state index contributed by atoms with van der Waals surface area (Å²) in [5, 5.41) is 0.702. The average Bonchev–Trinajstić information content (AvgIpc) is 2.14. The van der Waals surface area contributed by atoms with Gasteiger partial charge in [-0.15, -0.1) is 0 Å². The molecule has 0 aliphatic heterocycles. The number of hydrogen-bond donors (Lipinski definition) is 1. The molecule has 1 aliphatic rings. The lowest BCUT2D eigenvalue weighted by atomic mass is 9.96. The van der Waals surface area contributed by atoms with Crippen molar-refractivity contribution in [1.82, 2.24) is 0 Å². The van der Waals surface area contributed by atoms with Crippen LogP contribution in [0, 0.1) is 0 Å². The van der Waals surface area contributed by atoms with Crippen LogP contribution in [0.5, 0.6) is 5.75 Å². The summed E-state index contributed by atoms with van der Waals surface area (Å²) in [5.41, 5.74) is 6.66. The summed E-state index contributed by atoms with van der Waals surface area (Å²) in [6, 6.07) is 5.93. The van der Waals surface area contributed by atoms with E-state index in [2.05, 4.69) is 0 Å². The van der Waals surface area contributed by atoms with Crippen LogP contribution in [0.1, 0.15) is 24.8 Å². The van der Waals surface area contributed by atoms with Gasteiger partial charge in [0.2, 0.25) is 0 Å². The van der Waals surface area contributed by atoms with Gasteiger partial charge in [0.1, 0.15) is 5.75 Å². The summed E-state index contributed by atoms with van der Waals surface area (Å²) in [6.45, 7) is 0.652. The predicted molar refractivity (Wildman–Crippen MR) is 62.5 cm³/mol. The zero-order valence-corrected chi connectivity index (χ0v) is 9.46. The van der Waals surface area contributed by atoms with E-state index in [4.69, 9.17) is 22.1 Å². The van der Waals surface area contributed by atoms with E-state index in [-0.39, 0.29) is 0 Å². The van der Waals surface area contributed by atoms with Crippen molar-refractivity contribution < 1.29 is 4.74 Å². The quantitative estimate of drug-likeness (QED) is 0.855. The normalized spacial score (nSPS) is 16.1. The lowest BCUT2D eigenvalue weighted by Gasteiger charge is -2.26. The molecular formula is C12H16ClNO. The topological polar surface area (TPSA) is 35.2 Å². The third-order valence-corrected chi connectivity index (χ3v) is 3.07. The maximum Gasteiger partial charge on any atom is 0.138 e. The summed E-state index contributed by atoms with van der Waals surface area (Å²) in [4.78, 5) is 0. The Kier molecular flexibility index (Phi) is 3.49. The molecule has 0 radical (unpaired) electrons. The number of ether oxygens (including phenoxy) is 1. The molecule has 0 aromatic heterocycles. The highest BCUT2D eigenvalue weighted by Gasteiger charge is 2.19. The van der Waals surface area contributed by atoms with Crippen LogP contribution in [0.3, 0.4) is 0 Å². The van der Waals surface area contributed by atoms with Gasteiger partial charge in [-0.1, -0.05) is 17.7 Å². The Morgan fingerprint density at radius 1 is 1.40 bits per heavy atom. The van der Waals surface area contributed by atoms with Crippen LogP contribution < -0.4 is 10.5 Å². The second-order valence-electron chi connectivity index (χ2n) is 3.97. The molecule has 0 heterocycles. The van der Waals surface area contributed by atoms with Crippen LogP contribution in [0.15, 0.2) is 18.2 Å². The minimum Gasteiger partial charge on any atom is -0.489 e. The minimum atomic E-state index is 0.378. The van der Waals surface area contributed by atoms with Crippen LogP contribution in [0.2, 0.25) is 5.02 Å². The molecule has 2 N–H and O–H groups in total. The fourth-order valence-corrected chi connectivity index (χ4v) is 1.88. The van der Waals surface area contributed by atoms with Gasteiger partial charge in [0, 0.05) is 0 Å². The predicted octanol–water partition coefficient (Wildman–Crippen LogP) is 2.77. The molecule has 1 fully saturated rings. The van der Waals surface area contributed by atoms with Gasteiger partial charge in [-0.25, -0.2) is 0 Å². The Bertz CT molecular complexity index is 336. The Labute approximate surface area is 95.4 Å². The molecule has 3 heteroatoms. The SMILES string of the molecule is NCCc1ccc(OC2CCC2)c(Cl)c1. The first kappa shape index (κ1) is 10.8. The zero-order chi connectivity index (χ0) is 10.7. The Balaban J connectivity index is 2.04. The van der Waals surface area contributed by atoms with Crippen molar-refractivity contribution in [3.05, 3.63) is 28.8 Å². The van der Waals surface area contributed by atoms with Crippen LogP contribution in [0.4, 0.5) is 0 Å². The van der Waals surface area contributed by atoms with E-state index in [1.807, 2.05) is 18.2 Å². The Morgan fingerprint density at radius 3 is 2.73 bits per heavy atom. The number of hydrogen-bond acceptors (Lipinski definition) is 2. The van der Waals surface area contributed by atoms with Gasteiger partial charge >= 0.3 is 0 Å². The third-order valence-electron chi connectivity index (χ3n) is 2.78. The third kappa shape index (κ3) is 2.64. The van der Waals surface area contributed by atoms with Gasteiger partial charge in [0.25, 0.3) is 0 Å². The van der Waals surface area contributed by atoms with E-state index in [0.29, 0.717) is 17.7 Å². The van der Waals surface area contributed by atoms with Gasteiger partial charge < -0.3 is 10.5 Å². The van der Waals surface area contributed by atoms with Crippen molar-refractivity contribution in [2.45, 2.75) is 31.8 Å². The summed E-state index contributed by atoms with van der Waals surface area (Å²) in [5.74, 6) is 0.808. The first-order valence-corrected chi connectivity index (χ1v) is 5.82. The lowest BCUT2D eigenvalue weighted by molar-refractivity contribution is 0.120. The molecule has 0 spiro atoms. The van der Waals surface area contributed by atoms with Crippen LogP contribution >= 0.6 is 11.6 Å². The minimum absolute atomic E-state index is 0.378. The molecule has 2 nitrogen and oxygen atoms in total. The fraction of sp³-hybridized carbons (Fsp3) is 0.500. The lowest BCUT2D eigenvalue weighted by Crippen LogP contribution is -2.24. The standard InChI is InChI=1S/C12H16ClNO/c13-11-8-9(6-7-14)4-5-12(11)15-10-2-1-3-10/h4-5,8,10H,1-3,6-7,14H2. The van der Waals surface area contributed by atoms with Crippen molar-refractivity contribution in [3.63, 3.8) is 0 Å². The van der Waals surface area contributed by atoms with Crippen molar-refractivity contribution in [1.29, 1.82) is 0 Å². The number of halogens is 1. The molecule has 82 valence electrons. The highest BCUT2D eigenvalue weighted by Crippen LogP contribution is 2.31. The van der Waals surface area contributed by atoms with Crippen molar-refractivity contribution in [3.8, 4) is 5.75 Å². The molecule has 1 aliphatic carbocycles. The molecular weight excluding hydrogens is 210 g/mol. The smallest absolute Gasteiger partial charge is 0.138 e. The van der Waals surface area contributed by atoms with Gasteiger partial charge in [-0.2, -0.15) is 0 Å². The molecule has 0 saturated heterocycles. The zero-order valence-electron chi connectivity index (χ0n) is 8.71. The van der Waals surface area contributed by atoms with Crippen molar-refractivity contribution >= 4 is 11.6 Å². The first-order valence-electron chi connectivity index (χ1n) is 5.45. The number of nitrogens with two attached hydrogens (primary N) is 1. The van der Waals surface area contributed by atoms with Crippen LogP contribution in [-0.4, -0.2) is 12.6 Å². The Hall–Kier alpha value is -0.730. The number of benzene rings is 1. The Morgan fingerprint density at radius 2 is 2.20 bits per heavy atom. The van der Waals surface area contributed by atoms with Gasteiger partial charge in [-0.3, -0.25) is 0 Å². The summed E-state index contributed by atoms with van der Waals surface area (Å²) in [7, 11) is 0. The van der Waals surface area contributed by atoms with E-state index in [9.17, 15) is 0 Å². The molecule has 0 atom stereocenters. The van der Waals surface area contributed by atoms with Crippen molar-refractivity contribution in [2.24, 2.45) is 5.73 Å². The summed E-state index contributed by atoms with van der Waals surface area (Å²) < 4.78 is 5.75. The second kappa shape index (κ2) is 4.86. The molecule has 15 heavy (non-hydrogen) atoms. The molecule has 0 unspecified atom stereocenters. The largest absolute Gasteiger partial charge is 0.489 e. The van der Waals surface area contributed by atoms with E-state index < -0.39 is 0 Å². The average molecular weight is 226 g/mol. The molecule has 0 amide bonds. The van der Waals surface area contributed by atoms with Crippen LogP contribution in [-0.2, 0) is 6.42 Å². The van der Waals surface area contributed by atoms with Gasteiger partial charge in [0.15, 0.2) is 0 Å². The van der Waals surface area contributed by atoms with E-state index in [1.165, 1.54) is 12.0 Å². The monoisotopic (exact) mass is 225 g/mol. The first-order chi connectivity index (χ1) is 7.29. The maximum atomic E-state index is 6.12. The molecule has 1 aromatic rings. The molecule has 2 rings (SSSR count). The molecule has 0 bridgehead atoms. The van der Waals surface area contributed by atoms with E-state index in [1.54, 1.807) is 0 Å². The van der Waals surface area contributed by atoms with E-state index in [0.717, 1.165) is 25.0 Å². The van der Waals surface area contributed by atoms with Gasteiger partial charge in [0.05, 0.1) is 11.1 Å². The second-order valence-corrected chi connectivity index (χ2v) is 4.38. The van der Waals surface area contributed by atoms with Crippen LogP contribution in [0.25, 0.3) is 0 Å². The summed E-state index contributed by atoms with van der Waals surface area (Å²) in [6.07, 6.45) is 4.82. The van der Waals surface area contributed by atoms with Crippen molar-refractivity contribution in [2.75, 3.05) is 6.54 Å². The molecule has 1 aromatic carbocycles.